The van der Waals surface area contributed by atoms with E-state index in [9.17, 15) is 5.11 Å². The van der Waals surface area contributed by atoms with E-state index in [0.29, 0.717) is 17.8 Å². The lowest BCUT2D eigenvalue weighted by Crippen LogP contribution is -2.49. The molecule has 1 spiro atoms. The van der Waals surface area contributed by atoms with Crippen molar-refractivity contribution in [2.24, 2.45) is 23.7 Å². The summed E-state index contributed by atoms with van der Waals surface area (Å²) in [5.41, 5.74) is 1.41. The molecular weight excluding hydrogens is 212 g/mol. The zero-order valence-electron chi connectivity index (χ0n) is 11.1. The molecule has 1 N–H and O–H groups in total. The molecule has 0 radical (unpaired) electrons. The molecule has 0 aromatic rings. The van der Waals surface area contributed by atoms with Gasteiger partial charge in [-0.2, -0.15) is 0 Å². The number of allylic oxidation sites excluding steroid dienone is 1. The fourth-order valence-electron chi connectivity index (χ4n) is 4.28. The van der Waals surface area contributed by atoms with Crippen LogP contribution in [0.15, 0.2) is 11.6 Å². The summed E-state index contributed by atoms with van der Waals surface area (Å²) >= 11 is 0. The maximum absolute atomic E-state index is 10.4. The van der Waals surface area contributed by atoms with Crippen molar-refractivity contribution in [2.45, 2.75) is 51.7 Å². The summed E-state index contributed by atoms with van der Waals surface area (Å²) in [6.45, 7) is 7.67. The van der Waals surface area contributed by atoms with Crippen LogP contribution in [0.5, 0.6) is 0 Å². The Balaban J connectivity index is 1.94. The van der Waals surface area contributed by atoms with Crippen LogP contribution in [0.3, 0.4) is 0 Å². The van der Waals surface area contributed by atoms with E-state index in [2.05, 4.69) is 26.8 Å². The highest BCUT2D eigenvalue weighted by Crippen LogP contribution is 2.56. The van der Waals surface area contributed by atoms with Gasteiger partial charge in [0.25, 0.3) is 0 Å². The van der Waals surface area contributed by atoms with Crippen molar-refractivity contribution in [1.29, 1.82) is 0 Å². The molecule has 2 fully saturated rings. The van der Waals surface area contributed by atoms with Gasteiger partial charge in [0.05, 0.1) is 18.3 Å². The quantitative estimate of drug-likeness (QED) is 0.561. The summed E-state index contributed by atoms with van der Waals surface area (Å²) < 4.78 is 5.75. The van der Waals surface area contributed by atoms with Gasteiger partial charge in [-0.15, -0.1) is 0 Å². The zero-order chi connectivity index (χ0) is 12.2. The Hall–Kier alpha value is -0.340. The Kier molecular flexibility index (Phi) is 2.64. The molecule has 3 rings (SSSR count). The number of hydrogen-bond donors (Lipinski definition) is 1. The number of aliphatic hydroxyl groups is 1. The summed E-state index contributed by atoms with van der Waals surface area (Å²) in [5, 5.41) is 10.4. The molecule has 5 unspecified atom stereocenters. The number of fused-ring (bicyclic) bond motifs is 2. The third-order valence-corrected chi connectivity index (χ3v) is 5.21. The topological polar surface area (TPSA) is 32.8 Å². The summed E-state index contributed by atoms with van der Waals surface area (Å²) in [6.07, 6.45) is 5.51. The summed E-state index contributed by atoms with van der Waals surface area (Å²) in [6, 6.07) is 0. The minimum atomic E-state index is -0.186. The van der Waals surface area contributed by atoms with Crippen molar-refractivity contribution < 1.29 is 9.84 Å². The van der Waals surface area contributed by atoms with E-state index in [1.165, 1.54) is 12.0 Å². The van der Waals surface area contributed by atoms with E-state index in [1.807, 2.05) is 0 Å². The summed E-state index contributed by atoms with van der Waals surface area (Å²) in [4.78, 5) is 0. The Labute approximate surface area is 104 Å². The van der Waals surface area contributed by atoms with Crippen LogP contribution in [-0.2, 0) is 4.74 Å². The first kappa shape index (κ1) is 11.7. The lowest BCUT2D eigenvalue weighted by Gasteiger charge is -2.47. The van der Waals surface area contributed by atoms with Crippen LogP contribution >= 0.6 is 0 Å². The molecule has 1 saturated carbocycles. The molecule has 0 amide bonds. The third kappa shape index (κ3) is 1.77. The highest BCUT2D eigenvalue weighted by molar-refractivity contribution is 5.20. The van der Waals surface area contributed by atoms with Crippen LogP contribution in [0.4, 0.5) is 0 Å². The normalized spacial score (nSPS) is 49.1. The third-order valence-electron chi connectivity index (χ3n) is 5.21. The first-order chi connectivity index (χ1) is 8.03. The second-order valence-electron chi connectivity index (χ2n) is 6.69. The molecule has 1 saturated heterocycles. The minimum absolute atomic E-state index is 0.0483. The van der Waals surface area contributed by atoms with Gasteiger partial charge in [0.2, 0.25) is 0 Å². The smallest absolute Gasteiger partial charge is 0.0975 e. The largest absolute Gasteiger partial charge is 0.392 e. The van der Waals surface area contributed by atoms with Gasteiger partial charge in [0, 0.05) is 5.92 Å². The van der Waals surface area contributed by atoms with Gasteiger partial charge in [0.1, 0.15) is 0 Å². The van der Waals surface area contributed by atoms with Crippen molar-refractivity contribution in [3.05, 3.63) is 11.6 Å². The predicted molar refractivity (Wildman–Crippen MR) is 67.6 cm³/mol. The number of aliphatic hydroxyl groups excluding tert-OH is 1. The molecule has 0 aromatic heterocycles. The van der Waals surface area contributed by atoms with Crippen LogP contribution in [0.2, 0.25) is 0 Å². The molecule has 1 heterocycles. The molecule has 2 nitrogen and oxygen atoms in total. The van der Waals surface area contributed by atoms with Gasteiger partial charge in [-0.25, -0.2) is 0 Å². The number of ether oxygens (including phenoxy) is 1. The maximum Gasteiger partial charge on any atom is 0.0975 e. The molecule has 0 aromatic carbocycles. The van der Waals surface area contributed by atoms with Gasteiger partial charge in [-0.1, -0.05) is 25.5 Å². The van der Waals surface area contributed by atoms with E-state index in [4.69, 9.17) is 4.74 Å². The fraction of sp³-hybridized carbons (Fsp3) is 0.867. The number of hydrogen-bond acceptors (Lipinski definition) is 2. The monoisotopic (exact) mass is 236 g/mol. The Morgan fingerprint density at radius 1 is 1.47 bits per heavy atom. The Morgan fingerprint density at radius 3 is 2.76 bits per heavy atom. The Bertz CT molecular complexity index is 341. The molecule has 0 bridgehead atoms. The summed E-state index contributed by atoms with van der Waals surface area (Å²) in [7, 11) is 0. The van der Waals surface area contributed by atoms with Gasteiger partial charge < -0.3 is 9.84 Å². The molecule has 2 aliphatic carbocycles. The molecular formula is C15H24O2. The first-order valence-corrected chi connectivity index (χ1v) is 7.03. The van der Waals surface area contributed by atoms with Gasteiger partial charge in [0.15, 0.2) is 0 Å². The van der Waals surface area contributed by atoms with E-state index >= 15 is 0 Å². The van der Waals surface area contributed by atoms with Crippen molar-refractivity contribution in [1.82, 2.24) is 0 Å². The van der Waals surface area contributed by atoms with Crippen LogP contribution in [0.1, 0.15) is 40.0 Å². The average molecular weight is 236 g/mol. The summed E-state index contributed by atoms with van der Waals surface area (Å²) in [5.74, 6) is 2.31. The van der Waals surface area contributed by atoms with Crippen LogP contribution < -0.4 is 0 Å². The van der Waals surface area contributed by atoms with E-state index in [0.717, 1.165) is 25.4 Å². The zero-order valence-corrected chi connectivity index (χ0v) is 11.1. The number of epoxide rings is 1. The highest BCUT2D eigenvalue weighted by atomic mass is 16.6. The molecule has 3 aliphatic rings. The van der Waals surface area contributed by atoms with Crippen molar-refractivity contribution in [3.63, 3.8) is 0 Å². The highest BCUT2D eigenvalue weighted by Gasteiger charge is 2.60. The average Bonchev–Trinajstić information content (AvgIpc) is 2.97. The molecule has 1 aliphatic heterocycles. The van der Waals surface area contributed by atoms with E-state index < -0.39 is 0 Å². The van der Waals surface area contributed by atoms with Gasteiger partial charge in [-0.3, -0.25) is 0 Å². The van der Waals surface area contributed by atoms with Crippen LogP contribution in [-0.4, -0.2) is 23.4 Å². The lowest BCUT2D eigenvalue weighted by atomic mass is 9.59. The maximum atomic E-state index is 10.4. The second-order valence-corrected chi connectivity index (χ2v) is 6.69. The standard InChI is InChI=1S/C15H24O2/c1-9(2)11-4-5-15(8-17-15)14-12(11)6-10(3)7-13(14)16/h6,9,11-14,16H,4-5,7-8H2,1-3H3. The van der Waals surface area contributed by atoms with Crippen LogP contribution in [0.25, 0.3) is 0 Å². The fourth-order valence-corrected chi connectivity index (χ4v) is 4.28. The predicted octanol–water partition coefficient (Wildman–Crippen LogP) is 2.76. The lowest BCUT2D eigenvalue weighted by molar-refractivity contribution is -0.0331. The molecule has 96 valence electrons. The molecule has 17 heavy (non-hydrogen) atoms. The van der Waals surface area contributed by atoms with Crippen molar-refractivity contribution in [2.75, 3.05) is 6.61 Å². The van der Waals surface area contributed by atoms with E-state index in [-0.39, 0.29) is 11.7 Å². The van der Waals surface area contributed by atoms with Crippen molar-refractivity contribution >= 4 is 0 Å². The SMILES string of the molecule is CC1=CC2C(C(C)C)CCC3(CO3)C2C(O)C1. The van der Waals surface area contributed by atoms with Gasteiger partial charge in [-0.05, 0) is 43.9 Å². The molecule has 2 heteroatoms. The minimum Gasteiger partial charge on any atom is -0.392 e. The van der Waals surface area contributed by atoms with Gasteiger partial charge >= 0.3 is 0 Å². The second kappa shape index (κ2) is 3.83. The number of rotatable bonds is 1. The first-order valence-electron chi connectivity index (χ1n) is 7.03. The molecule has 5 atom stereocenters. The Morgan fingerprint density at radius 2 is 2.18 bits per heavy atom. The van der Waals surface area contributed by atoms with Crippen LogP contribution in [0, 0.1) is 23.7 Å². The van der Waals surface area contributed by atoms with Crippen molar-refractivity contribution in [3.8, 4) is 0 Å². The van der Waals surface area contributed by atoms with E-state index in [1.54, 1.807) is 0 Å².